The minimum Gasteiger partial charge on any atom is -0.483 e. The molecule has 1 aliphatic rings. The molecule has 3 rings (SSSR count). The SMILES string of the molecule is Cc1cc(CN2CCN(C(=O)COc3ccc(Cl)cc3CCO)CC2)c(C)cc1F. The Bertz CT molecular complexity index is 898. The second kappa shape index (κ2) is 10.2. The Balaban J connectivity index is 1.50. The first-order valence-corrected chi connectivity index (χ1v) is 10.5. The maximum Gasteiger partial charge on any atom is 0.260 e. The summed E-state index contributed by atoms with van der Waals surface area (Å²) in [5, 5.41) is 9.76. The summed E-state index contributed by atoms with van der Waals surface area (Å²) in [6, 6.07) is 8.68. The number of hydrogen-bond acceptors (Lipinski definition) is 4. The second-order valence-corrected chi connectivity index (χ2v) is 8.14. The molecule has 0 bridgehead atoms. The van der Waals surface area contributed by atoms with Crippen molar-refractivity contribution in [3.05, 3.63) is 63.4 Å². The van der Waals surface area contributed by atoms with Crippen LogP contribution in [0.2, 0.25) is 5.02 Å². The van der Waals surface area contributed by atoms with E-state index < -0.39 is 0 Å². The van der Waals surface area contributed by atoms with E-state index in [1.54, 1.807) is 36.1 Å². The number of aliphatic hydroxyl groups excluding tert-OH is 1. The van der Waals surface area contributed by atoms with E-state index in [0.29, 0.717) is 35.8 Å². The van der Waals surface area contributed by atoms with Gasteiger partial charge in [0.25, 0.3) is 5.91 Å². The first kappa shape index (κ1) is 22.5. The number of benzene rings is 2. The van der Waals surface area contributed by atoms with Crippen molar-refractivity contribution in [1.82, 2.24) is 9.80 Å². The fraction of sp³-hybridized carbons (Fsp3) is 0.435. The van der Waals surface area contributed by atoms with Crippen LogP contribution in [0.15, 0.2) is 30.3 Å². The minimum absolute atomic E-state index is 0.0142. The van der Waals surface area contributed by atoms with Crippen LogP contribution < -0.4 is 4.74 Å². The van der Waals surface area contributed by atoms with Crippen LogP contribution in [-0.2, 0) is 17.8 Å². The van der Waals surface area contributed by atoms with Crippen LogP contribution in [0.3, 0.4) is 0 Å². The predicted octanol–water partition coefficient (Wildman–Crippen LogP) is 3.35. The third kappa shape index (κ3) is 5.72. The summed E-state index contributed by atoms with van der Waals surface area (Å²) >= 11 is 6.00. The smallest absolute Gasteiger partial charge is 0.260 e. The number of rotatable bonds is 7. The van der Waals surface area contributed by atoms with Gasteiger partial charge in [0.05, 0.1) is 0 Å². The molecule has 0 aromatic heterocycles. The molecule has 1 amide bonds. The van der Waals surface area contributed by atoms with Crippen molar-refractivity contribution in [2.45, 2.75) is 26.8 Å². The number of piperazine rings is 1. The topological polar surface area (TPSA) is 53.0 Å². The Hall–Kier alpha value is -2.15. The summed E-state index contributed by atoms with van der Waals surface area (Å²) in [7, 11) is 0. The van der Waals surface area contributed by atoms with Crippen molar-refractivity contribution in [1.29, 1.82) is 0 Å². The van der Waals surface area contributed by atoms with E-state index >= 15 is 0 Å². The lowest BCUT2D eigenvalue weighted by atomic mass is 10.0. The molecule has 0 atom stereocenters. The molecule has 0 aliphatic carbocycles. The maximum atomic E-state index is 13.7. The van der Waals surface area contributed by atoms with Crippen LogP contribution in [0.25, 0.3) is 0 Å². The van der Waals surface area contributed by atoms with Gasteiger partial charge in [0.1, 0.15) is 11.6 Å². The van der Waals surface area contributed by atoms with Gasteiger partial charge >= 0.3 is 0 Å². The lowest BCUT2D eigenvalue weighted by molar-refractivity contribution is -0.135. The van der Waals surface area contributed by atoms with Crippen molar-refractivity contribution in [2.75, 3.05) is 39.4 Å². The Kier molecular flexibility index (Phi) is 7.69. The summed E-state index contributed by atoms with van der Waals surface area (Å²) < 4.78 is 19.4. The summed E-state index contributed by atoms with van der Waals surface area (Å²) in [6.45, 7) is 7.18. The monoisotopic (exact) mass is 434 g/mol. The molecule has 2 aromatic carbocycles. The lowest BCUT2D eigenvalue weighted by Gasteiger charge is -2.35. The van der Waals surface area contributed by atoms with Crippen molar-refractivity contribution in [2.24, 2.45) is 0 Å². The molecular weight excluding hydrogens is 407 g/mol. The first-order chi connectivity index (χ1) is 14.4. The van der Waals surface area contributed by atoms with Gasteiger partial charge in [0.2, 0.25) is 0 Å². The molecule has 1 aliphatic heterocycles. The molecule has 0 spiro atoms. The molecule has 0 unspecified atom stereocenters. The van der Waals surface area contributed by atoms with Crippen molar-refractivity contribution < 1.29 is 19.0 Å². The van der Waals surface area contributed by atoms with E-state index in [2.05, 4.69) is 4.90 Å². The molecule has 5 nitrogen and oxygen atoms in total. The van der Waals surface area contributed by atoms with Gasteiger partial charge in [-0.15, -0.1) is 0 Å². The highest BCUT2D eigenvalue weighted by Gasteiger charge is 2.22. The number of ether oxygens (including phenoxy) is 1. The average Bonchev–Trinajstić information content (AvgIpc) is 2.72. The number of nitrogens with zero attached hydrogens (tertiary/aromatic N) is 2. The zero-order valence-electron chi connectivity index (χ0n) is 17.5. The van der Waals surface area contributed by atoms with Crippen LogP contribution in [0.5, 0.6) is 5.75 Å². The number of aryl methyl sites for hydroxylation is 2. The Morgan fingerprint density at radius 2 is 1.83 bits per heavy atom. The zero-order valence-corrected chi connectivity index (χ0v) is 18.2. The highest BCUT2D eigenvalue weighted by Crippen LogP contribution is 2.23. The van der Waals surface area contributed by atoms with Gasteiger partial charge in [-0.05, 0) is 66.8 Å². The fourth-order valence-corrected chi connectivity index (χ4v) is 3.84. The van der Waals surface area contributed by atoms with Gasteiger partial charge in [0.15, 0.2) is 6.61 Å². The van der Waals surface area contributed by atoms with Crippen molar-refractivity contribution in [3.8, 4) is 5.75 Å². The first-order valence-electron chi connectivity index (χ1n) is 10.1. The number of carbonyl (C=O) groups excluding carboxylic acids is 1. The van der Waals surface area contributed by atoms with E-state index in [1.807, 2.05) is 13.0 Å². The van der Waals surface area contributed by atoms with Crippen molar-refractivity contribution in [3.63, 3.8) is 0 Å². The van der Waals surface area contributed by atoms with Crippen LogP contribution in [0, 0.1) is 19.7 Å². The molecule has 2 aromatic rings. The number of aliphatic hydroxyl groups is 1. The fourth-order valence-electron chi connectivity index (χ4n) is 3.64. The normalized spacial score (nSPS) is 14.8. The predicted molar refractivity (Wildman–Crippen MR) is 115 cm³/mol. The molecule has 1 N–H and O–H groups in total. The van der Waals surface area contributed by atoms with Gasteiger partial charge in [-0.1, -0.05) is 17.7 Å². The van der Waals surface area contributed by atoms with Gasteiger partial charge in [0, 0.05) is 44.4 Å². The molecule has 0 saturated carbocycles. The average molecular weight is 435 g/mol. The molecule has 1 fully saturated rings. The van der Waals surface area contributed by atoms with Crippen LogP contribution >= 0.6 is 11.6 Å². The molecule has 1 saturated heterocycles. The van der Waals surface area contributed by atoms with E-state index in [1.165, 1.54) is 0 Å². The summed E-state index contributed by atoms with van der Waals surface area (Å²) in [5.74, 6) is 0.338. The van der Waals surface area contributed by atoms with E-state index in [-0.39, 0.29) is 24.9 Å². The molecule has 7 heteroatoms. The Morgan fingerprint density at radius 3 is 2.53 bits per heavy atom. The minimum atomic E-state index is -0.172. The van der Waals surface area contributed by atoms with Crippen molar-refractivity contribution >= 4 is 17.5 Å². The molecule has 162 valence electrons. The van der Waals surface area contributed by atoms with Crippen LogP contribution in [0.1, 0.15) is 22.3 Å². The third-order valence-corrected chi connectivity index (χ3v) is 5.73. The molecule has 30 heavy (non-hydrogen) atoms. The standard InChI is InChI=1S/C23H28ClFN2O3/c1-16-12-21(25)17(2)11-19(16)14-26-6-8-27(9-7-26)23(29)15-30-22-4-3-20(24)13-18(22)5-10-28/h3-4,11-13,28H,5-10,14-15H2,1-2H3. The second-order valence-electron chi connectivity index (χ2n) is 7.70. The largest absolute Gasteiger partial charge is 0.483 e. The van der Waals surface area contributed by atoms with E-state index in [4.69, 9.17) is 16.3 Å². The van der Waals surface area contributed by atoms with Gasteiger partial charge in [-0.2, -0.15) is 0 Å². The molecule has 1 heterocycles. The summed E-state index contributed by atoms with van der Waals surface area (Å²) in [4.78, 5) is 16.7. The van der Waals surface area contributed by atoms with Gasteiger partial charge in [-0.3, -0.25) is 9.69 Å². The maximum absolute atomic E-state index is 13.7. The summed E-state index contributed by atoms with van der Waals surface area (Å²) in [5.41, 5.74) is 3.51. The van der Waals surface area contributed by atoms with Crippen LogP contribution in [0.4, 0.5) is 4.39 Å². The van der Waals surface area contributed by atoms with Gasteiger partial charge in [-0.25, -0.2) is 4.39 Å². The summed E-state index contributed by atoms with van der Waals surface area (Å²) in [6.07, 6.45) is 0.422. The zero-order chi connectivity index (χ0) is 21.7. The quantitative estimate of drug-likeness (QED) is 0.726. The number of amides is 1. The number of hydrogen-bond donors (Lipinski definition) is 1. The Labute approximate surface area is 182 Å². The Morgan fingerprint density at radius 1 is 1.10 bits per heavy atom. The number of carbonyl (C=O) groups is 1. The lowest BCUT2D eigenvalue weighted by Crippen LogP contribution is -2.49. The molecule has 0 radical (unpaired) electrons. The molecular formula is C23H28ClFN2O3. The third-order valence-electron chi connectivity index (χ3n) is 5.49. The van der Waals surface area contributed by atoms with Gasteiger partial charge < -0.3 is 14.7 Å². The highest BCUT2D eigenvalue weighted by atomic mass is 35.5. The highest BCUT2D eigenvalue weighted by molar-refractivity contribution is 6.30. The number of halogens is 2. The van der Waals surface area contributed by atoms with Crippen LogP contribution in [-0.4, -0.2) is 60.2 Å². The van der Waals surface area contributed by atoms with E-state index in [0.717, 1.165) is 36.3 Å². The van der Waals surface area contributed by atoms with E-state index in [9.17, 15) is 14.3 Å².